The zero-order valence-corrected chi connectivity index (χ0v) is 19.0. The van der Waals surface area contributed by atoms with Crippen LogP contribution in [0.2, 0.25) is 0 Å². The smallest absolute Gasteiger partial charge is 0.224 e. The van der Waals surface area contributed by atoms with Crippen LogP contribution in [-0.2, 0) is 24.2 Å². The van der Waals surface area contributed by atoms with Gasteiger partial charge in [0.15, 0.2) is 0 Å². The minimum Gasteiger partial charge on any atom is -0.355 e. The van der Waals surface area contributed by atoms with Crippen molar-refractivity contribution in [3.63, 3.8) is 0 Å². The number of benzene rings is 3. The van der Waals surface area contributed by atoms with Gasteiger partial charge in [-0.1, -0.05) is 91.9 Å². The Kier molecular flexibility index (Phi) is 7.73. The van der Waals surface area contributed by atoms with Crippen LogP contribution in [-0.4, -0.2) is 23.9 Å². The number of rotatable bonds is 8. The minimum absolute atomic E-state index is 0.0423. The van der Waals surface area contributed by atoms with E-state index in [2.05, 4.69) is 83.9 Å². The predicted octanol–water partition coefficient (Wildman–Crippen LogP) is 5.56. The monoisotopic (exact) mass is 426 g/mol. The lowest BCUT2D eigenvalue weighted by Crippen LogP contribution is -2.44. The van der Waals surface area contributed by atoms with Crippen molar-refractivity contribution in [2.45, 2.75) is 45.2 Å². The van der Waals surface area contributed by atoms with E-state index in [9.17, 15) is 4.79 Å². The van der Waals surface area contributed by atoms with Crippen LogP contribution in [0, 0.1) is 5.92 Å². The Labute approximate surface area is 192 Å². The molecule has 1 aliphatic rings. The third-order valence-electron chi connectivity index (χ3n) is 6.61. The van der Waals surface area contributed by atoms with Crippen molar-refractivity contribution in [3.8, 4) is 0 Å². The van der Waals surface area contributed by atoms with Crippen molar-refractivity contribution in [2.75, 3.05) is 13.1 Å². The fourth-order valence-electron chi connectivity index (χ4n) is 4.72. The summed E-state index contributed by atoms with van der Waals surface area (Å²) in [4.78, 5) is 15.5. The van der Waals surface area contributed by atoms with Gasteiger partial charge in [0.1, 0.15) is 0 Å². The summed E-state index contributed by atoms with van der Waals surface area (Å²) in [6, 6.07) is 30.4. The predicted molar refractivity (Wildman–Crippen MR) is 131 cm³/mol. The molecule has 0 aliphatic carbocycles. The van der Waals surface area contributed by atoms with E-state index in [0.29, 0.717) is 12.6 Å². The Hall–Kier alpha value is -2.91. The van der Waals surface area contributed by atoms with E-state index in [1.807, 2.05) is 18.2 Å². The van der Waals surface area contributed by atoms with Crippen molar-refractivity contribution < 1.29 is 4.79 Å². The molecule has 1 heterocycles. The zero-order valence-electron chi connectivity index (χ0n) is 19.0. The minimum atomic E-state index is 0.0423. The molecule has 32 heavy (non-hydrogen) atoms. The molecule has 1 aliphatic heterocycles. The summed E-state index contributed by atoms with van der Waals surface area (Å²) in [5.41, 5.74) is 5.29. The molecule has 3 nitrogen and oxygen atoms in total. The molecule has 0 bridgehead atoms. The fourth-order valence-corrected chi connectivity index (χ4v) is 4.72. The van der Waals surface area contributed by atoms with E-state index < -0.39 is 0 Å². The second-order valence-electron chi connectivity index (χ2n) is 8.83. The van der Waals surface area contributed by atoms with Crippen LogP contribution in [0.4, 0.5) is 0 Å². The Morgan fingerprint density at radius 1 is 0.844 bits per heavy atom. The summed E-state index contributed by atoms with van der Waals surface area (Å²) in [6.45, 7) is 4.55. The van der Waals surface area contributed by atoms with Gasteiger partial charge >= 0.3 is 0 Å². The highest BCUT2D eigenvalue weighted by atomic mass is 16.1. The Bertz CT molecular complexity index is 969. The summed E-state index contributed by atoms with van der Waals surface area (Å²) in [5.74, 6) is 0.236. The van der Waals surface area contributed by atoms with Crippen LogP contribution in [0.25, 0.3) is 0 Å². The van der Waals surface area contributed by atoms with Gasteiger partial charge in [0, 0.05) is 25.7 Å². The molecule has 166 valence electrons. The topological polar surface area (TPSA) is 32.3 Å². The van der Waals surface area contributed by atoms with Gasteiger partial charge in [-0.05, 0) is 47.9 Å². The first-order valence-corrected chi connectivity index (χ1v) is 11.9. The maximum atomic E-state index is 13.0. The number of piperidine rings is 1. The molecule has 1 saturated heterocycles. The summed E-state index contributed by atoms with van der Waals surface area (Å²) in [7, 11) is 0. The molecule has 0 saturated carbocycles. The largest absolute Gasteiger partial charge is 0.355 e. The zero-order chi connectivity index (χ0) is 22.2. The van der Waals surface area contributed by atoms with Gasteiger partial charge < -0.3 is 5.32 Å². The summed E-state index contributed by atoms with van der Waals surface area (Å²) >= 11 is 0. The number of amides is 1. The Balaban J connectivity index is 1.42. The number of nitrogens with zero attached hydrogens (tertiary/aromatic N) is 1. The number of carbonyl (C=O) groups is 1. The molecule has 1 N–H and O–H groups in total. The second-order valence-corrected chi connectivity index (χ2v) is 8.83. The van der Waals surface area contributed by atoms with Crippen molar-refractivity contribution in [2.24, 2.45) is 5.92 Å². The van der Waals surface area contributed by atoms with Gasteiger partial charge in [-0.3, -0.25) is 9.69 Å². The standard InChI is InChI=1S/C29H34N2O/c1-2-23-13-15-26(16-14-23)28-18-17-27(22-31(28)21-25-11-7-4-8-12-25)29(32)30-20-19-24-9-5-3-6-10-24/h3-16,27-28H,2,17-22H2,1H3,(H,30,32). The molecule has 2 atom stereocenters. The van der Waals surface area contributed by atoms with Crippen molar-refractivity contribution in [3.05, 3.63) is 107 Å². The number of carbonyl (C=O) groups excluding carboxylic acids is 1. The Morgan fingerprint density at radius 2 is 1.50 bits per heavy atom. The van der Waals surface area contributed by atoms with Gasteiger partial charge in [0.2, 0.25) is 5.91 Å². The van der Waals surface area contributed by atoms with E-state index >= 15 is 0 Å². The van der Waals surface area contributed by atoms with Gasteiger partial charge in [-0.25, -0.2) is 0 Å². The van der Waals surface area contributed by atoms with Crippen molar-refractivity contribution in [1.29, 1.82) is 0 Å². The molecule has 3 heteroatoms. The van der Waals surface area contributed by atoms with E-state index in [1.54, 1.807) is 0 Å². The van der Waals surface area contributed by atoms with Crippen LogP contribution in [0.1, 0.15) is 48.1 Å². The highest BCUT2D eigenvalue weighted by Crippen LogP contribution is 2.35. The number of aryl methyl sites for hydroxylation is 1. The van der Waals surface area contributed by atoms with E-state index in [-0.39, 0.29) is 11.8 Å². The molecule has 4 rings (SSSR count). The normalized spacial score (nSPS) is 18.9. The number of nitrogens with one attached hydrogen (secondary N) is 1. The molecule has 1 fully saturated rings. The van der Waals surface area contributed by atoms with Crippen LogP contribution in [0.5, 0.6) is 0 Å². The molecule has 2 unspecified atom stereocenters. The first-order valence-electron chi connectivity index (χ1n) is 11.9. The summed E-state index contributed by atoms with van der Waals surface area (Å²) < 4.78 is 0. The number of hydrogen-bond donors (Lipinski definition) is 1. The van der Waals surface area contributed by atoms with Crippen molar-refractivity contribution >= 4 is 5.91 Å². The van der Waals surface area contributed by atoms with Gasteiger partial charge in [0.25, 0.3) is 0 Å². The fraction of sp³-hybridized carbons (Fsp3) is 0.345. The highest BCUT2D eigenvalue weighted by molar-refractivity contribution is 5.79. The molecule has 0 spiro atoms. The third kappa shape index (κ3) is 5.86. The average Bonchev–Trinajstić information content (AvgIpc) is 2.85. The van der Waals surface area contributed by atoms with E-state index in [4.69, 9.17) is 0 Å². The molecule has 0 aromatic heterocycles. The quantitative estimate of drug-likeness (QED) is 0.511. The lowest BCUT2D eigenvalue weighted by Gasteiger charge is -2.39. The third-order valence-corrected chi connectivity index (χ3v) is 6.61. The van der Waals surface area contributed by atoms with Gasteiger partial charge in [-0.15, -0.1) is 0 Å². The molecule has 0 radical (unpaired) electrons. The SMILES string of the molecule is CCc1ccc(C2CCC(C(=O)NCCc3ccccc3)CN2Cc2ccccc2)cc1. The number of likely N-dealkylation sites (tertiary alicyclic amines) is 1. The molecule has 3 aromatic rings. The van der Waals surface area contributed by atoms with Gasteiger partial charge in [0.05, 0.1) is 5.92 Å². The molecular weight excluding hydrogens is 392 g/mol. The maximum Gasteiger partial charge on any atom is 0.224 e. The van der Waals surface area contributed by atoms with Crippen LogP contribution in [0.15, 0.2) is 84.9 Å². The summed E-state index contributed by atoms with van der Waals surface area (Å²) in [6.07, 6.45) is 3.88. The molecular formula is C29H34N2O. The van der Waals surface area contributed by atoms with E-state index in [0.717, 1.165) is 38.8 Å². The lowest BCUT2D eigenvalue weighted by molar-refractivity contribution is -0.127. The van der Waals surface area contributed by atoms with Crippen molar-refractivity contribution in [1.82, 2.24) is 10.2 Å². The van der Waals surface area contributed by atoms with Crippen LogP contribution in [0.3, 0.4) is 0 Å². The average molecular weight is 427 g/mol. The first-order chi connectivity index (χ1) is 15.7. The van der Waals surface area contributed by atoms with Crippen LogP contribution >= 0.6 is 0 Å². The highest BCUT2D eigenvalue weighted by Gasteiger charge is 2.32. The second kappa shape index (κ2) is 11.1. The van der Waals surface area contributed by atoms with Crippen LogP contribution < -0.4 is 5.32 Å². The Morgan fingerprint density at radius 3 is 2.16 bits per heavy atom. The van der Waals surface area contributed by atoms with Gasteiger partial charge in [-0.2, -0.15) is 0 Å². The van der Waals surface area contributed by atoms with E-state index in [1.165, 1.54) is 22.3 Å². The lowest BCUT2D eigenvalue weighted by atomic mass is 9.87. The summed E-state index contributed by atoms with van der Waals surface area (Å²) in [5, 5.41) is 3.19. The molecule has 3 aromatic carbocycles. The molecule has 1 amide bonds. The first kappa shape index (κ1) is 22.3. The number of hydrogen-bond acceptors (Lipinski definition) is 2. The maximum absolute atomic E-state index is 13.0.